The molecule has 146 valence electrons. The molecule has 0 radical (unpaired) electrons. The molecule has 0 heterocycles. The zero-order chi connectivity index (χ0) is 19.0. The molecular formula is C21H34N2O3. The Morgan fingerprint density at radius 3 is 2.65 bits per heavy atom. The molecule has 0 saturated heterocycles. The lowest BCUT2D eigenvalue weighted by Gasteiger charge is -2.38. The summed E-state index contributed by atoms with van der Waals surface area (Å²) in [7, 11) is 4.11. The number of carbonyl (C=O) groups excluding carboxylic acids is 1. The minimum Gasteiger partial charge on any atom is -0.494 e. The van der Waals surface area contributed by atoms with E-state index in [9.17, 15) is 4.79 Å². The van der Waals surface area contributed by atoms with Crippen LogP contribution >= 0.6 is 0 Å². The first-order valence-electron chi connectivity index (χ1n) is 9.78. The van der Waals surface area contributed by atoms with Crippen molar-refractivity contribution in [2.75, 3.05) is 39.2 Å². The van der Waals surface area contributed by atoms with Crippen LogP contribution in [0.15, 0.2) is 24.3 Å². The molecule has 0 unspecified atom stereocenters. The van der Waals surface area contributed by atoms with Crippen LogP contribution in [-0.2, 0) is 9.53 Å². The van der Waals surface area contributed by atoms with Gasteiger partial charge in [0, 0.05) is 18.8 Å². The lowest BCUT2D eigenvalue weighted by Crippen LogP contribution is -2.48. The van der Waals surface area contributed by atoms with Crippen molar-refractivity contribution in [1.29, 1.82) is 0 Å². The first-order valence-corrected chi connectivity index (χ1v) is 9.78. The Hall–Kier alpha value is -1.59. The second kappa shape index (κ2) is 9.93. The van der Waals surface area contributed by atoms with Gasteiger partial charge in [0.2, 0.25) is 0 Å². The van der Waals surface area contributed by atoms with Crippen LogP contribution in [0.4, 0.5) is 5.69 Å². The Kier molecular flexibility index (Phi) is 7.91. The highest BCUT2D eigenvalue weighted by Gasteiger charge is 2.42. The average molecular weight is 363 g/mol. The van der Waals surface area contributed by atoms with Gasteiger partial charge in [-0.05, 0) is 76.9 Å². The van der Waals surface area contributed by atoms with Gasteiger partial charge in [-0.25, -0.2) is 0 Å². The van der Waals surface area contributed by atoms with E-state index in [1.54, 1.807) is 0 Å². The maximum Gasteiger partial charge on any atom is 0.256 e. The lowest BCUT2D eigenvalue weighted by molar-refractivity contribution is -0.147. The van der Waals surface area contributed by atoms with Crippen molar-refractivity contribution < 1.29 is 14.3 Å². The van der Waals surface area contributed by atoms with Gasteiger partial charge in [-0.3, -0.25) is 4.79 Å². The molecule has 1 fully saturated rings. The molecule has 1 amide bonds. The number of hydrogen-bond acceptors (Lipinski definition) is 4. The van der Waals surface area contributed by atoms with E-state index in [1.165, 1.54) is 6.42 Å². The number of benzene rings is 1. The molecule has 1 aromatic rings. The van der Waals surface area contributed by atoms with E-state index in [1.807, 2.05) is 31.2 Å². The molecule has 0 aliphatic heterocycles. The highest BCUT2D eigenvalue weighted by Crippen LogP contribution is 2.36. The van der Waals surface area contributed by atoms with E-state index >= 15 is 0 Å². The summed E-state index contributed by atoms with van der Waals surface area (Å²) in [6.45, 7) is 6.40. The van der Waals surface area contributed by atoms with Gasteiger partial charge in [-0.15, -0.1) is 0 Å². The highest BCUT2D eigenvalue weighted by atomic mass is 16.5. The van der Waals surface area contributed by atoms with Crippen molar-refractivity contribution in [3.05, 3.63) is 24.3 Å². The van der Waals surface area contributed by atoms with Crippen molar-refractivity contribution in [2.24, 2.45) is 5.92 Å². The summed E-state index contributed by atoms with van der Waals surface area (Å²) >= 11 is 0. The number of carbonyl (C=O) groups is 1. The van der Waals surface area contributed by atoms with E-state index in [-0.39, 0.29) is 5.91 Å². The van der Waals surface area contributed by atoms with Crippen molar-refractivity contribution in [2.45, 2.75) is 51.6 Å². The number of ether oxygens (including phenoxy) is 2. The zero-order valence-electron chi connectivity index (χ0n) is 16.7. The van der Waals surface area contributed by atoms with E-state index in [0.717, 1.165) is 43.7 Å². The summed E-state index contributed by atoms with van der Waals surface area (Å²) in [5.41, 5.74) is 0.0984. The summed E-state index contributed by atoms with van der Waals surface area (Å²) in [6.07, 6.45) is 4.78. The fourth-order valence-corrected chi connectivity index (χ4v) is 3.63. The van der Waals surface area contributed by atoms with E-state index in [2.05, 4.69) is 31.2 Å². The molecule has 0 aromatic heterocycles. The van der Waals surface area contributed by atoms with Crippen LogP contribution in [-0.4, -0.2) is 50.3 Å². The third kappa shape index (κ3) is 5.99. The van der Waals surface area contributed by atoms with Gasteiger partial charge >= 0.3 is 0 Å². The predicted octanol–water partition coefficient (Wildman–Crippen LogP) is 3.94. The van der Waals surface area contributed by atoms with Crippen LogP contribution in [0.5, 0.6) is 5.75 Å². The Morgan fingerprint density at radius 2 is 2.04 bits per heavy atom. The monoisotopic (exact) mass is 362 g/mol. The van der Waals surface area contributed by atoms with Gasteiger partial charge in [0.25, 0.3) is 5.91 Å². The molecule has 2 atom stereocenters. The van der Waals surface area contributed by atoms with Crippen LogP contribution in [0.3, 0.4) is 0 Å². The van der Waals surface area contributed by atoms with Crippen LogP contribution in [0, 0.1) is 5.92 Å². The van der Waals surface area contributed by atoms with Crippen LogP contribution < -0.4 is 10.1 Å². The Bertz CT molecular complexity index is 555. The van der Waals surface area contributed by atoms with Gasteiger partial charge in [0.05, 0.1) is 6.61 Å². The van der Waals surface area contributed by atoms with E-state index in [0.29, 0.717) is 19.1 Å². The highest BCUT2D eigenvalue weighted by molar-refractivity contribution is 5.97. The van der Waals surface area contributed by atoms with Gasteiger partial charge in [0.1, 0.15) is 11.4 Å². The first-order chi connectivity index (χ1) is 12.4. The Labute approximate surface area is 158 Å². The van der Waals surface area contributed by atoms with Crippen molar-refractivity contribution in [1.82, 2.24) is 4.90 Å². The third-order valence-electron chi connectivity index (χ3n) is 4.92. The van der Waals surface area contributed by atoms with Gasteiger partial charge in [-0.1, -0.05) is 13.3 Å². The molecule has 1 aliphatic rings. The first kappa shape index (κ1) is 20.7. The molecule has 2 rings (SSSR count). The summed E-state index contributed by atoms with van der Waals surface area (Å²) < 4.78 is 11.7. The second-order valence-electron chi connectivity index (χ2n) is 7.61. The van der Waals surface area contributed by atoms with Crippen molar-refractivity contribution in [3.8, 4) is 5.75 Å². The maximum absolute atomic E-state index is 12.9. The molecule has 1 N–H and O–H groups in total. The van der Waals surface area contributed by atoms with E-state index < -0.39 is 5.60 Å². The number of nitrogens with zero attached hydrogens (tertiary/aromatic N) is 1. The SMILES string of the molecule is CCO[C@@]1(C(=O)Nc2ccc(OCCCN(C)C)cc2)CCC[C@H](C)C1. The molecular weight excluding hydrogens is 328 g/mol. The summed E-state index contributed by atoms with van der Waals surface area (Å²) in [5.74, 6) is 1.32. The number of amides is 1. The van der Waals surface area contributed by atoms with Crippen LogP contribution in [0.2, 0.25) is 0 Å². The van der Waals surface area contributed by atoms with Gasteiger partial charge < -0.3 is 19.7 Å². The summed E-state index contributed by atoms with van der Waals surface area (Å²) in [4.78, 5) is 15.1. The van der Waals surface area contributed by atoms with Crippen LogP contribution in [0.1, 0.15) is 46.0 Å². The molecule has 1 aliphatic carbocycles. The number of nitrogens with one attached hydrogen (secondary N) is 1. The largest absolute Gasteiger partial charge is 0.494 e. The molecule has 5 nitrogen and oxygen atoms in total. The minimum atomic E-state index is -0.687. The van der Waals surface area contributed by atoms with Crippen molar-refractivity contribution in [3.63, 3.8) is 0 Å². The van der Waals surface area contributed by atoms with E-state index in [4.69, 9.17) is 9.47 Å². The third-order valence-corrected chi connectivity index (χ3v) is 4.92. The fraction of sp³-hybridized carbons (Fsp3) is 0.667. The summed E-state index contributed by atoms with van der Waals surface area (Å²) in [6, 6.07) is 7.60. The summed E-state index contributed by atoms with van der Waals surface area (Å²) in [5, 5.41) is 3.04. The quantitative estimate of drug-likeness (QED) is 0.676. The van der Waals surface area contributed by atoms with Gasteiger partial charge in [-0.2, -0.15) is 0 Å². The molecule has 0 spiro atoms. The standard InChI is InChI=1S/C21H34N2O3/c1-5-26-21(13-6-8-17(2)16-21)20(24)22-18-9-11-19(12-10-18)25-15-7-14-23(3)4/h9-12,17H,5-8,13-16H2,1-4H3,(H,22,24)/t17-,21-/m0/s1. The minimum absolute atomic E-state index is 0.0226. The van der Waals surface area contributed by atoms with Crippen molar-refractivity contribution >= 4 is 11.6 Å². The molecule has 5 heteroatoms. The topological polar surface area (TPSA) is 50.8 Å². The Balaban J connectivity index is 1.91. The smallest absolute Gasteiger partial charge is 0.256 e. The molecule has 1 saturated carbocycles. The number of rotatable bonds is 9. The Morgan fingerprint density at radius 1 is 1.31 bits per heavy atom. The molecule has 0 bridgehead atoms. The average Bonchev–Trinajstić information content (AvgIpc) is 2.60. The predicted molar refractivity (Wildman–Crippen MR) is 106 cm³/mol. The zero-order valence-corrected chi connectivity index (χ0v) is 16.7. The second-order valence-corrected chi connectivity index (χ2v) is 7.61. The lowest BCUT2D eigenvalue weighted by atomic mass is 9.78. The number of hydrogen-bond donors (Lipinski definition) is 1. The number of anilines is 1. The van der Waals surface area contributed by atoms with Crippen LogP contribution in [0.25, 0.3) is 0 Å². The fourth-order valence-electron chi connectivity index (χ4n) is 3.63. The molecule has 1 aromatic carbocycles. The molecule has 26 heavy (non-hydrogen) atoms. The maximum atomic E-state index is 12.9. The normalized spacial score (nSPS) is 23.0. The van der Waals surface area contributed by atoms with Gasteiger partial charge in [0.15, 0.2) is 0 Å².